The number of hydrogen-bond acceptors (Lipinski definition) is 5. The van der Waals surface area contributed by atoms with Gasteiger partial charge < -0.3 is 25.4 Å². The van der Waals surface area contributed by atoms with E-state index in [4.69, 9.17) is 9.47 Å². The average Bonchev–Trinajstić information content (AvgIpc) is 3.28. The van der Waals surface area contributed by atoms with E-state index >= 15 is 0 Å². The maximum absolute atomic E-state index is 12.3. The number of anilines is 3. The minimum Gasteiger partial charge on any atom is -0.491 e. The zero-order chi connectivity index (χ0) is 21.3. The summed E-state index contributed by atoms with van der Waals surface area (Å²) in [5.74, 6) is 0.546. The third kappa shape index (κ3) is 6.22. The highest BCUT2D eigenvalue weighted by Gasteiger charge is 2.16. The van der Waals surface area contributed by atoms with Crippen molar-refractivity contribution in [1.82, 2.24) is 0 Å². The number of ether oxygens (including phenoxy) is 2. The van der Waals surface area contributed by atoms with Gasteiger partial charge in [0.15, 0.2) is 0 Å². The molecule has 0 spiro atoms. The van der Waals surface area contributed by atoms with Crippen LogP contribution in [0, 0.1) is 6.92 Å². The molecular formula is C23H29N3O4. The molecule has 0 bridgehead atoms. The van der Waals surface area contributed by atoms with Gasteiger partial charge in [0.05, 0.1) is 12.6 Å². The molecule has 3 N–H and O–H groups in total. The first-order chi connectivity index (χ1) is 14.5. The van der Waals surface area contributed by atoms with Crippen molar-refractivity contribution in [2.45, 2.75) is 39.2 Å². The number of benzene rings is 2. The zero-order valence-electron chi connectivity index (χ0n) is 17.5. The summed E-state index contributed by atoms with van der Waals surface area (Å²) in [4.78, 5) is 24.0. The number of amides is 2. The first kappa shape index (κ1) is 21.6. The summed E-state index contributed by atoms with van der Waals surface area (Å²) in [5, 5.41) is 8.83. The standard InChI is InChI=1S/C23H29N3O4/c1-3-22(27)25-20-7-4-8-21(16(20)2)26-23(28)14-24-17-9-11-18(12-10-17)30-15-19-6-5-13-29-19/h4,7-12,19,24H,3,5-6,13-15H2,1-2H3,(H,25,27)(H,26,28). The molecule has 1 fully saturated rings. The second-order valence-electron chi connectivity index (χ2n) is 7.25. The molecule has 0 saturated carbocycles. The van der Waals surface area contributed by atoms with Gasteiger partial charge in [-0.25, -0.2) is 0 Å². The van der Waals surface area contributed by atoms with Gasteiger partial charge in [-0.2, -0.15) is 0 Å². The smallest absolute Gasteiger partial charge is 0.243 e. The summed E-state index contributed by atoms with van der Waals surface area (Å²) in [5.41, 5.74) is 3.02. The van der Waals surface area contributed by atoms with E-state index < -0.39 is 0 Å². The Kier molecular flexibility index (Phi) is 7.68. The van der Waals surface area contributed by atoms with Crippen LogP contribution < -0.4 is 20.7 Å². The minimum absolute atomic E-state index is 0.0635. The summed E-state index contributed by atoms with van der Waals surface area (Å²) in [6.07, 6.45) is 2.72. The van der Waals surface area contributed by atoms with Crippen LogP contribution in [0.3, 0.4) is 0 Å². The molecule has 1 atom stereocenters. The van der Waals surface area contributed by atoms with Crippen LogP contribution in [-0.2, 0) is 14.3 Å². The van der Waals surface area contributed by atoms with Crippen LogP contribution in [0.1, 0.15) is 31.7 Å². The average molecular weight is 412 g/mol. The Bertz CT molecular complexity index is 861. The van der Waals surface area contributed by atoms with E-state index in [0.29, 0.717) is 24.4 Å². The molecule has 1 aliphatic heterocycles. The molecule has 0 radical (unpaired) electrons. The van der Waals surface area contributed by atoms with Crippen LogP contribution >= 0.6 is 0 Å². The highest BCUT2D eigenvalue weighted by molar-refractivity contribution is 5.97. The van der Waals surface area contributed by atoms with E-state index in [1.165, 1.54) is 0 Å². The van der Waals surface area contributed by atoms with Crippen LogP contribution in [0.4, 0.5) is 17.1 Å². The number of rotatable bonds is 9. The zero-order valence-corrected chi connectivity index (χ0v) is 17.5. The normalized spacial score (nSPS) is 15.5. The van der Waals surface area contributed by atoms with Crippen molar-refractivity contribution in [3.05, 3.63) is 48.0 Å². The molecule has 0 aromatic heterocycles. The van der Waals surface area contributed by atoms with Crippen molar-refractivity contribution in [3.8, 4) is 5.75 Å². The van der Waals surface area contributed by atoms with E-state index in [0.717, 1.165) is 36.4 Å². The molecular weight excluding hydrogens is 382 g/mol. The Balaban J connectivity index is 1.47. The molecule has 7 heteroatoms. The number of carbonyl (C=O) groups excluding carboxylic acids is 2. The van der Waals surface area contributed by atoms with Crippen LogP contribution in [0.25, 0.3) is 0 Å². The predicted octanol–water partition coefficient (Wildman–Crippen LogP) is 3.95. The van der Waals surface area contributed by atoms with E-state index in [1.54, 1.807) is 13.0 Å². The van der Waals surface area contributed by atoms with Gasteiger partial charge in [-0.1, -0.05) is 13.0 Å². The lowest BCUT2D eigenvalue weighted by Crippen LogP contribution is -2.22. The fraction of sp³-hybridized carbons (Fsp3) is 0.391. The quantitative estimate of drug-likeness (QED) is 0.581. The Labute approximate surface area is 177 Å². The van der Waals surface area contributed by atoms with Crippen molar-refractivity contribution < 1.29 is 19.1 Å². The third-order valence-electron chi connectivity index (χ3n) is 4.97. The number of carbonyl (C=O) groups is 2. The molecule has 7 nitrogen and oxygen atoms in total. The Morgan fingerprint density at radius 2 is 1.77 bits per heavy atom. The van der Waals surface area contributed by atoms with Gasteiger partial charge in [0, 0.05) is 30.1 Å². The summed E-state index contributed by atoms with van der Waals surface area (Å²) < 4.78 is 11.3. The fourth-order valence-electron chi connectivity index (χ4n) is 3.16. The van der Waals surface area contributed by atoms with Gasteiger partial charge in [-0.3, -0.25) is 9.59 Å². The molecule has 1 heterocycles. The third-order valence-corrected chi connectivity index (χ3v) is 4.97. The highest BCUT2D eigenvalue weighted by atomic mass is 16.5. The molecule has 2 aromatic carbocycles. The molecule has 1 aliphatic rings. The SMILES string of the molecule is CCC(=O)Nc1cccc(NC(=O)CNc2ccc(OCC3CCCO3)cc2)c1C. The first-order valence-corrected chi connectivity index (χ1v) is 10.3. The van der Waals surface area contributed by atoms with E-state index in [-0.39, 0.29) is 24.5 Å². The molecule has 1 unspecified atom stereocenters. The van der Waals surface area contributed by atoms with Crippen LogP contribution in [0.15, 0.2) is 42.5 Å². The maximum Gasteiger partial charge on any atom is 0.243 e. The van der Waals surface area contributed by atoms with Crippen LogP contribution in [0.5, 0.6) is 5.75 Å². The Morgan fingerprint density at radius 1 is 1.07 bits per heavy atom. The van der Waals surface area contributed by atoms with Crippen LogP contribution in [0.2, 0.25) is 0 Å². The molecule has 2 aromatic rings. The van der Waals surface area contributed by atoms with Crippen molar-refractivity contribution in [2.75, 3.05) is 35.7 Å². The van der Waals surface area contributed by atoms with Crippen molar-refractivity contribution >= 4 is 28.9 Å². The van der Waals surface area contributed by atoms with Gasteiger partial charge in [0.1, 0.15) is 12.4 Å². The topological polar surface area (TPSA) is 88.7 Å². The van der Waals surface area contributed by atoms with Gasteiger partial charge in [-0.15, -0.1) is 0 Å². The lowest BCUT2D eigenvalue weighted by molar-refractivity contribution is -0.116. The van der Waals surface area contributed by atoms with Gasteiger partial charge in [0.25, 0.3) is 0 Å². The van der Waals surface area contributed by atoms with Crippen molar-refractivity contribution in [2.24, 2.45) is 0 Å². The van der Waals surface area contributed by atoms with Crippen molar-refractivity contribution in [1.29, 1.82) is 0 Å². The maximum atomic E-state index is 12.3. The van der Waals surface area contributed by atoms with E-state index in [1.807, 2.05) is 43.3 Å². The highest BCUT2D eigenvalue weighted by Crippen LogP contribution is 2.23. The Hall–Kier alpha value is -3.06. The predicted molar refractivity (Wildman–Crippen MR) is 118 cm³/mol. The minimum atomic E-state index is -0.171. The lowest BCUT2D eigenvalue weighted by atomic mass is 10.1. The molecule has 30 heavy (non-hydrogen) atoms. The monoisotopic (exact) mass is 411 g/mol. The molecule has 2 amide bonds. The second kappa shape index (κ2) is 10.6. The van der Waals surface area contributed by atoms with E-state index in [9.17, 15) is 9.59 Å². The summed E-state index contributed by atoms with van der Waals surface area (Å²) in [7, 11) is 0. The lowest BCUT2D eigenvalue weighted by Gasteiger charge is -2.14. The number of nitrogens with one attached hydrogen (secondary N) is 3. The summed E-state index contributed by atoms with van der Waals surface area (Å²) >= 11 is 0. The number of hydrogen-bond donors (Lipinski definition) is 3. The second-order valence-corrected chi connectivity index (χ2v) is 7.25. The molecule has 1 saturated heterocycles. The van der Waals surface area contributed by atoms with Crippen LogP contribution in [-0.4, -0.2) is 37.7 Å². The molecule has 3 rings (SSSR count). The van der Waals surface area contributed by atoms with Crippen molar-refractivity contribution in [3.63, 3.8) is 0 Å². The largest absolute Gasteiger partial charge is 0.491 e. The van der Waals surface area contributed by atoms with Gasteiger partial charge >= 0.3 is 0 Å². The van der Waals surface area contributed by atoms with Gasteiger partial charge in [-0.05, 0) is 61.7 Å². The first-order valence-electron chi connectivity index (χ1n) is 10.3. The molecule has 160 valence electrons. The fourth-order valence-corrected chi connectivity index (χ4v) is 3.16. The molecule has 0 aliphatic carbocycles. The van der Waals surface area contributed by atoms with E-state index in [2.05, 4.69) is 16.0 Å². The summed E-state index contributed by atoms with van der Waals surface area (Å²) in [6, 6.07) is 12.9. The Morgan fingerprint density at radius 3 is 2.40 bits per heavy atom. The van der Waals surface area contributed by atoms with Gasteiger partial charge in [0.2, 0.25) is 11.8 Å². The summed E-state index contributed by atoms with van der Waals surface area (Å²) in [6.45, 7) is 5.16.